The number of halogens is 3. The van der Waals surface area contributed by atoms with E-state index >= 15 is 0 Å². The summed E-state index contributed by atoms with van der Waals surface area (Å²) in [6.07, 6.45) is -4.62. The number of rotatable bonds is 1. The smallest absolute Gasteiger partial charge is 0.283 e. The summed E-state index contributed by atoms with van der Waals surface area (Å²) >= 11 is 0. The maximum atomic E-state index is 12.7. The highest BCUT2D eigenvalue weighted by molar-refractivity contribution is 5.24. The van der Waals surface area contributed by atoms with E-state index < -0.39 is 23.0 Å². The fraction of sp³-hybridized carbons (Fsp3) is 0.364. The number of aromatic nitrogens is 4. The standard InChI is InChI=1S/C11H11F3N4O/c1-5-4-6(2)16-10(15-5)18-9(19)7(3)8(17-18)11(12,13)14/h4,17H,1-3H3. The van der Waals surface area contributed by atoms with Gasteiger partial charge in [-0.1, -0.05) is 0 Å². The van der Waals surface area contributed by atoms with Gasteiger partial charge in [-0.2, -0.15) is 17.9 Å². The first-order valence-electron chi connectivity index (χ1n) is 5.41. The molecule has 0 amide bonds. The fourth-order valence-corrected chi connectivity index (χ4v) is 1.75. The van der Waals surface area contributed by atoms with Gasteiger partial charge in [0.05, 0.1) is 0 Å². The number of nitrogens with one attached hydrogen (secondary N) is 1. The van der Waals surface area contributed by atoms with Gasteiger partial charge in [-0.05, 0) is 26.8 Å². The summed E-state index contributed by atoms with van der Waals surface area (Å²) < 4.78 is 38.8. The lowest BCUT2D eigenvalue weighted by Crippen LogP contribution is -2.19. The first-order valence-corrected chi connectivity index (χ1v) is 5.41. The van der Waals surface area contributed by atoms with Crippen LogP contribution in [0.1, 0.15) is 22.6 Å². The van der Waals surface area contributed by atoms with E-state index in [2.05, 4.69) is 9.97 Å². The largest absolute Gasteiger partial charge is 0.433 e. The predicted octanol–water partition coefficient (Wildman–Crippen LogP) is 1.90. The van der Waals surface area contributed by atoms with Gasteiger partial charge >= 0.3 is 6.18 Å². The van der Waals surface area contributed by atoms with Crippen molar-refractivity contribution in [1.82, 2.24) is 19.7 Å². The Bertz CT molecular complexity index is 664. The summed E-state index contributed by atoms with van der Waals surface area (Å²) in [6, 6.07) is 1.66. The minimum atomic E-state index is -4.62. The van der Waals surface area contributed by atoms with Crippen LogP contribution >= 0.6 is 0 Å². The molecule has 2 rings (SSSR count). The lowest BCUT2D eigenvalue weighted by Gasteiger charge is -2.05. The van der Waals surface area contributed by atoms with E-state index in [-0.39, 0.29) is 5.95 Å². The van der Waals surface area contributed by atoms with Crippen LogP contribution in [0.4, 0.5) is 13.2 Å². The zero-order valence-corrected chi connectivity index (χ0v) is 10.5. The van der Waals surface area contributed by atoms with Crippen LogP contribution in [0, 0.1) is 20.8 Å². The van der Waals surface area contributed by atoms with Crippen molar-refractivity contribution in [2.45, 2.75) is 26.9 Å². The molecule has 102 valence electrons. The molecule has 19 heavy (non-hydrogen) atoms. The monoisotopic (exact) mass is 272 g/mol. The fourth-order valence-electron chi connectivity index (χ4n) is 1.75. The normalized spacial score (nSPS) is 11.9. The third kappa shape index (κ3) is 2.38. The van der Waals surface area contributed by atoms with E-state index in [1.807, 2.05) is 5.10 Å². The third-order valence-electron chi connectivity index (χ3n) is 2.58. The van der Waals surface area contributed by atoms with Crippen LogP contribution in [-0.2, 0) is 6.18 Å². The van der Waals surface area contributed by atoms with E-state index in [1.165, 1.54) is 0 Å². The summed E-state index contributed by atoms with van der Waals surface area (Å²) in [5, 5.41) is 2.01. The zero-order chi connectivity index (χ0) is 14.4. The second kappa shape index (κ2) is 4.22. The Kier molecular flexibility index (Phi) is 2.95. The van der Waals surface area contributed by atoms with Crippen LogP contribution in [0.5, 0.6) is 0 Å². The Morgan fingerprint density at radius 1 is 1.16 bits per heavy atom. The molecule has 0 saturated heterocycles. The number of hydrogen-bond acceptors (Lipinski definition) is 3. The lowest BCUT2D eigenvalue weighted by molar-refractivity contribution is -0.141. The molecule has 1 N–H and O–H groups in total. The van der Waals surface area contributed by atoms with Gasteiger partial charge in [0.2, 0.25) is 0 Å². The quantitative estimate of drug-likeness (QED) is 0.862. The second-order valence-electron chi connectivity index (χ2n) is 4.20. The highest BCUT2D eigenvalue weighted by Crippen LogP contribution is 2.29. The van der Waals surface area contributed by atoms with Crippen molar-refractivity contribution in [3.05, 3.63) is 39.1 Å². The molecule has 0 fully saturated rings. The number of hydrogen-bond donors (Lipinski definition) is 1. The summed E-state index contributed by atoms with van der Waals surface area (Å²) in [7, 11) is 0. The molecule has 0 atom stereocenters. The van der Waals surface area contributed by atoms with Gasteiger partial charge < -0.3 is 0 Å². The van der Waals surface area contributed by atoms with Gasteiger partial charge in [0.1, 0.15) is 5.69 Å². The maximum Gasteiger partial charge on any atom is 0.433 e. The maximum absolute atomic E-state index is 12.7. The van der Waals surface area contributed by atoms with Crippen molar-refractivity contribution >= 4 is 0 Å². The highest BCUT2D eigenvalue weighted by Gasteiger charge is 2.36. The van der Waals surface area contributed by atoms with Crippen molar-refractivity contribution in [3.63, 3.8) is 0 Å². The second-order valence-corrected chi connectivity index (χ2v) is 4.20. The number of H-pyrrole nitrogens is 1. The van der Waals surface area contributed by atoms with E-state index in [4.69, 9.17) is 0 Å². The van der Waals surface area contributed by atoms with Crippen LogP contribution in [-0.4, -0.2) is 19.7 Å². The molecular formula is C11H11F3N4O. The van der Waals surface area contributed by atoms with Gasteiger partial charge in [0.25, 0.3) is 11.5 Å². The van der Waals surface area contributed by atoms with Crippen LogP contribution in [0.3, 0.4) is 0 Å². The Morgan fingerprint density at radius 2 is 1.68 bits per heavy atom. The molecule has 8 heteroatoms. The van der Waals surface area contributed by atoms with Gasteiger partial charge in [-0.15, -0.1) is 0 Å². The Hall–Kier alpha value is -2.12. The molecule has 0 aliphatic heterocycles. The van der Waals surface area contributed by atoms with Crippen LogP contribution in [0.15, 0.2) is 10.9 Å². The molecule has 0 aromatic carbocycles. The van der Waals surface area contributed by atoms with E-state index in [1.54, 1.807) is 19.9 Å². The average molecular weight is 272 g/mol. The molecule has 0 radical (unpaired) electrons. The topological polar surface area (TPSA) is 63.6 Å². The van der Waals surface area contributed by atoms with Gasteiger partial charge in [0.15, 0.2) is 0 Å². The minimum Gasteiger partial charge on any atom is -0.283 e. The van der Waals surface area contributed by atoms with Crippen molar-refractivity contribution in [1.29, 1.82) is 0 Å². The van der Waals surface area contributed by atoms with Gasteiger partial charge in [-0.25, -0.2) is 9.97 Å². The van der Waals surface area contributed by atoms with Crippen LogP contribution in [0.2, 0.25) is 0 Å². The van der Waals surface area contributed by atoms with E-state index in [9.17, 15) is 18.0 Å². The Labute approximate surface area is 106 Å². The Morgan fingerprint density at radius 3 is 2.11 bits per heavy atom. The number of alkyl halides is 3. The van der Waals surface area contributed by atoms with E-state index in [0.29, 0.717) is 16.1 Å². The number of aryl methyl sites for hydroxylation is 2. The van der Waals surface area contributed by atoms with Crippen LogP contribution < -0.4 is 5.56 Å². The van der Waals surface area contributed by atoms with Crippen LogP contribution in [0.25, 0.3) is 5.95 Å². The summed E-state index contributed by atoms with van der Waals surface area (Å²) in [5.41, 5.74) is -1.17. The predicted molar refractivity (Wildman–Crippen MR) is 61.2 cm³/mol. The molecular weight excluding hydrogens is 261 g/mol. The average Bonchev–Trinajstić information content (AvgIpc) is 2.54. The van der Waals surface area contributed by atoms with Crippen molar-refractivity contribution < 1.29 is 13.2 Å². The van der Waals surface area contributed by atoms with Gasteiger partial charge in [-0.3, -0.25) is 9.89 Å². The highest BCUT2D eigenvalue weighted by atomic mass is 19.4. The van der Waals surface area contributed by atoms with Crippen molar-refractivity contribution in [2.24, 2.45) is 0 Å². The number of aromatic amines is 1. The SMILES string of the molecule is Cc1cc(C)nc(-n2[nH]c(C(F)(F)F)c(C)c2=O)n1. The molecule has 5 nitrogen and oxygen atoms in total. The molecule has 2 aromatic rings. The molecule has 2 aromatic heterocycles. The lowest BCUT2D eigenvalue weighted by atomic mass is 10.3. The Balaban J connectivity index is 2.67. The first kappa shape index (κ1) is 13.3. The van der Waals surface area contributed by atoms with Crippen molar-refractivity contribution in [3.8, 4) is 5.95 Å². The molecule has 2 heterocycles. The van der Waals surface area contributed by atoms with E-state index in [0.717, 1.165) is 6.92 Å². The molecule has 0 spiro atoms. The molecule has 0 unspecified atom stereocenters. The summed E-state index contributed by atoms with van der Waals surface area (Å²) in [4.78, 5) is 19.7. The first-order chi connectivity index (χ1) is 8.70. The van der Waals surface area contributed by atoms with Gasteiger partial charge in [0, 0.05) is 17.0 Å². The summed E-state index contributed by atoms with van der Waals surface area (Å²) in [6.45, 7) is 4.45. The minimum absolute atomic E-state index is 0.0962. The zero-order valence-electron chi connectivity index (χ0n) is 10.5. The van der Waals surface area contributed by atoms with Crippen molar-refractivity contribution in [2.75, 3.05) is 0 Å². The molecule has 0 saturated carbocycles. The third-order valence-corrected chi connectivity index (χ3v) is 2.58. The molecule has 0 aliphatic carbocycles. The molecule has 0 bridgehead atoms. The summed E-state index contributed by atoms with van der Waals surface area (Å²) in [5.74, 6) is -0.0962. The molecule has 0 aliphatic rings. The number of nitrogens with zero attached hydrogens (tertiary/aromatic N) is 3.